The van der Waals surface area contributed by atoms with Crippen molar-refractivity contribution < 1.29 is 0 Å². The Hall–Kier alpha value is -6.56. The molecule has 0 saturated carbocycles. The van der Waals surface area contributed by atoms with Gasteiger partial charge in [-0.25, -0.2) is 9.97 Å². The van der Waals surface area contributed by atoms with Crippen molar-refractivity contribution >= 4 is 91.5 Å². The molecule has 0 atom stereocenters. The summed E-state index contributed by atoms with van der Waals surface area (Å²) in [7, 11) is 0. The van der Waals surface area contributed by atoms with E-state index in [2.05, 4.69) is 161 Å². The van der Waals surface area contributed by atoms with Gasteiger partial charge in [-0.15, -0.1) is 11.3 Å². The molecule has 0 amide bonds. The van der Waals surface area contributed by atoms with Crippen LogP contribution in [0.4, 0.5) is 0 Å². The topological polar surface area (TPSA) is 35.1 Å². The number of aromatic nitrogens is 4. The Bertz CT molecular complexity index is 3350. The van der Waals surface area contributed by atoms with E-state index in [1.54, 1.807) is 11.3 Å². The Balaban J connectivity index is 1.31. The fourth-order valence-corrected chi connectivity index (χ4v) is 9.59. The lowest BCUT2D eigenvalue weighted by atomic mass is 10.0. The minimum atomic E-state index is 0.732. The molecule has 5 heterocycles. The maximum absolute atomic E-state index is 5.50. The van der Waals surface area contributed by atoms with Crippen molar-refractivity contribution in [1.29, 1.82) is 0 Å². The number of thiophene rings is 1. The van der Waals surface area contributed by atoms with E-state index < -0.39 is 0 Å². The first-order valence-corrected chi connectivity index (χ1v) is 18.1. The summed E-state index contributed by atoms with van der Waals surface area (Å²) < 4.78 is 6.14. The highest BCUT2D eigenvalue weighted by Crippen LogP contribution is 2.48. The molecule has 0 N–H and O–H groups in total. The Morgan fingerprint density at radius 2 is 1.06 bits per heavy atom. The number of fused-ring (bicyclic) bond motifs is 13. The summed E-state index contributed by atoms with van der Waals surface area (Å²) in [6.07, 6.45) is 0. The molecule has 0 saturated heterocycles. The van der Waals surface area contributed by atoms with Crippen molar-refractivity contribution in [3.63, 3.8) is 0 Å². The lowest BCUT2D eigenvalue weighted by molar-refractivity contribution is 1.08. The fourth-order valence-electron chi connectivity index (χ4n) is 8.52. The summed E-state index contributed by atoms with van der Waals surface area (Å²) >= 11 is 1.74. The molecule has 236 valence electrons. The molecule has 4 nitrogen and oxygen atoms in total. The van der Waals surface area contributed by atoms with Gasteiger partial charge in [0.05, 0.1) is 33.0 Å². The van der Waals surface area contributed by atoms with E-state index in [0.717, 1.165) is 32.9 Å². The molecule has 7 aromatic carbocycles. The molecule has 51 heavy (non-hydrogen) atoms. The average Bonchev–Trinajstić information content (AvgIpc) is 3.93. The monoisotopic (exact) mass is 666 g/mol. The minimum absolute atomic E-state index is 0.732. The first-order valence-electron chi connectivity index (χ1n) is 17.3. The number of para-hydroxylation sites is 2. The quantitative estimate of drug-likeness (QED) is 0.188. The van der Waals surface area contributed by atoms with Gasteiger partial charge < -0.3 is 4.40 Å². The number of nitrogens with zero attached hydrogens (tertiary/aromatic N) is 4. The molecule has 0 radical (unpaired) electrons. The Morgan fingerprint density at radius 3 is 1.88 bits per heavy atom. The molecule has 5 heteroatoms. The fraction of sp³-hybridized carbons (Fsp3) is 0. The van der Waals surface area contributed by atoms with E-state index in [4.69, 9.17) is 9.97 Å². The normalized spacial score (nSPS) is 12.3. The number of hydrogen-bond donors (Lipinski definition) is 0. The summed E-state index contributed by atoms with van der Waals surface area (Å²) in [5.41, 5.74) is 9.43. The van der Waals surface area contributed by atoms with E-state index in [1.165, 1.54) is 75.6 Å². The van der Waals surface area contributed by atoms with Gasteiger partial charge in [0.15, 0.2) is 11.6 Å². The van der Waals surface area contributed by atoms with Gasteiger partial charge in [-0.3, -0.25) is 4.57 Å². The highest BCUT2D eigenvalue weighted by Gasteiger charge is 2.26. The number of rotatable bonds is 3. The summed E-state index contributed by atoms with van der Waals surface area (Å²) in [4.78, 5) is 11.7. The molecule has 0 aliphatic heterocycles. The molecule has 5 aromatic heterocycles. The zero-order valence-corrected chi connectivity index (χ0v) is 28.0. The highest BCUT2D eigenvalue weighted by molar-refractivity contribution is 7.25. The number of hydrogen-bond acceptors (Lipinski definition) is 3. The van der Waals surface area contributed by atoms with Crippen LogP contribution in [0.25, 0.3) is 109 Å². The van der Waals surface area contributed by atoms with Crippen LogP contribution in [0.2, 0.25) is 0 Å². The van der Waals surface area contributed by atoms with E-state index >= 15 is 0 Å². The largest absolute Gasteiger partial charge is 0.308 e. The third-order valence-corrected chi connectivity index (χ3v) is 11.7. The second kappa shape index (κ2) is 10.0. The van der Waals surface area contributed by atoms with Gasteiger partial charge in [-0.2, -0.15) is 0 Å². The van der Waals surface area contributed by atoms with Crippen molar-refractivity contribution in [2.45, 2.75) is 0 Å². The Morgan fingerprint density at radius 1 is 0.412 bits per heavy atom. The van der Waals surface area contributed by atoms with Crippen molar-refractivity contribution in [2.75, 3.05) is 0 Å². The molecule has 12 rings (SSSR count). The van der Waals surface area contributed by atoms with Gasteiger partial charge in [0, 0.05) is 48.0 Å². The van der Waals surface area contributed by atoms with Crippen LogP contribution >= 0.6 is 11.3 Å². The van der Waals surface area contributed by atoms with Crippen LogP contribution in [-0.4, -0.2) is 18.9 Å². The second-order valence-electron chi connectivity index (χ2n) is 13.4. The van der Waals surface area contributed by atoms with Crippen LogP contribution in [0.1, 0.15) is 0 Å². The van der Waals surface area contributed by atoms with Crippen LogP contribution in [0.3, 0.4) is 0 Å². The van der Waals surface area contributed by atoms with Crippen LogP contribution in [-0.2, 0) is 0 Å². The van der Waals surface area contributed by atoms with Crippen molar-refractivity contribution in [1.82, 2.24) is 18.9 Å². The van der Waals surface area contributed by atoms with Crippen molar-refractivity contribution in [3.05, 3.63) is 158 Å². The second-order valence-corrected chi connectivity index (χ2v) is 14.4. The summed E-state index contributed by atoms with van der Waals surface area (Å²) in [6.45, 7) is 0. The molecule has 0 aliphatic carbocycles. The molecule has 0 fully saturated rings. The van der Waals surface area contributed by atoms with Crippen molar-refractivity contribution in [3.8, 4) is 28.3 Å². The Labute approximate surface area is 295 Å². The first-order chi connectivity index (χ1) is 25.3. The minimum Gasteiger partial charge on any atom is -0.308 e. The van der Waals surface area contributed by atoms with E-state index in [9.17, 15) is 0 Å². The smallest absolute Gasteiger partial charge is 0.163 e. The van der Waals surface area contributed by atoms with Gasteiger partial charge in [0.2, 0.25) is 0 Å². The predicted molar refractivity (Wildman–Crippen MR) is 215 cm³/mol. The maximum Gasteiger partial charge on any atom is 0.163 e. The molecule has 12 aromatic rings. The van der Waals surface area contributed by atoms with Crippen LogP contribution in [0.5, 0.6) is 0 Å². The SMILES string of the molecule is c1ccc(-c2ccc3c4cc5c6ccccc6n(-c6nc(-c7ccccc7)nc7sc8ccccc8c67)c5c5c6ccccc6n(c3c2)c45)cc1. The highest BCUT2D eigenvalue weighted by atomic mass is 32.1. The van der Waals surface area contributed by atoms with Crippen molar-refractivity contribution in [2.24, 2.45) is 0 Å². The van der Waals surface area contributed by atoms with E-state index in [0.29, 0.717) is 0 Å². The maximum atomic E-state index is 5.50. The summed E-state index contributed by atoms with van der Waals surface area (Å²) in [6, 6.07) is 56.8. The van der Waals surface area contributed by atoms with E-state index in [1.807, 2.05) is 6.07 Å². The molecular formula is C46H26N4S. The van der Waals surface area contributed by atoms with Gasteiger partial charge in [0.25, 0.3) is 0 Å². The standard InChI is InChI=1S/C46H26N4S/c1-3-13-27(14-4-1)29-23-24-31-35-26-34-30-17-7-10-20-36(30)50(43(34)40-32-18-8-11-21-37(32)49(42(35)40)38(31)25-29)45-41-33-19-9-12-22-39(33)51-46(41)48-44(47-45)28-15-5-2-6-16-28/h1-26H. The molecule has 0 spiro atoms. The summed E-state index contributed by atoms with van der Waals surface area (Å²) in [5.74, 6) is 1.65. The van der Waals surface area contributed by atoms with Crippen LogP contribution in [0, 0.1) is 0 Å². The zero-order chi connectivity index (χ0) is 33.2. The third-order valence-electron chi connectivity index (χ3n) is 10.7. The first kappa shape index (κ1) is 27.3. The van der Waals surface area contributed by atoms with Crippen LogP contribution in [0.15, 0.2) is 158 Å². The summed E-state index contributed by atoms with van der Waals surface area (Å²) in [5, 5.41) is 9.72. The molecule has 0 unspecified atom stereocenters. The van der Waals surface area contributed by atoms with Gasteiger partial charge >= 0.3 is 0 Å². The number of benzene rings is 7. The average molecular weight is 667 g/mol. The third kappa shape index (κ3) is 3.63. The predicted octanol–water partition coefficient (Wildman–Crippen LogP) is 12.4. The lowest BCUT2D eigenvalue weighted by Crippen LogP contribution is -2.02. The molecule has 0 aliphatic rings. The zero-order valence-electron chi connectivity index (χ0n) is 27.2. The molecular weight excluding hydrogens is 641 g/mol. The Kier molecular flexibility index (Phi) is 5.35. The lowest BCUT2D eigenvalue weighted by Gasteiger charge is -2.12. The van der Waals surface area contributed by atoms with Gasteiger partial charge in [0.1, 0.15) is 4.83 Å². The molecule has 0 bridgehead atoms. The van der Waals surface area contributed by atoms with E-state index in [-0.39, 0.29) is 0 Å². The van der Waals surface area contributed by atoms with Gasteiger partial charge in [-0.05, 0) is 41.5 Å². The van der Waals surface area contributed by atoms with Gasteiger partial charge in [-0.1, -0.05) is 127 Å². The van der Waals surface area contributed by atoms with Crippen LogP contribution < -0.4 is 0 Å².